The van der Waals surface area contributed by atoms with Gasteiger partial charge in [0.05, 0.1) is 12.0 Å². The molecule has 0 radical (unpaired) electrons. The average Bonchev–Trinajstić information content (AvgIpc) is 3.30. The predicted molar refractivity (Wildman–Crippen MR) is 120 cm³/mol. The Balaban J connectivity index is 1.35. The van der Waals surface area contributed by atoms with Gasteiger partial charge in [0.25, 0.3) is 5.91 Å². The van der Waals surface area contributed by atoms with Gasteiger partial charge in [-0.15, -0.1) is 0 Å². The molecule has 0 aromatic heterocycles. The molecular weight excluding hydrogens is 446 g/mol. The van der Waals surface area contributed by atoms with Crippen LogP contribution in [0.25, 0.3) is 11.1 Å². The second-order valence-corrected chi connectivity index (χ2v) is 9.19. The molecule has 0 unspecified atom stereocenters. The fourth-order valence-corrected chi connectivity index (χ4v) is 4.72. The van der Waals surface area contributed by atoms with E-state index in [0.717, 1.165) is 27.2 Å². The third kappa shape index (κ3) is 4.10. The van der Waals surface area contributed by atoms with Crippen LogP contribution < -0.4 is 5.32 Å². The van der Waals surface area contributed by atoms with Crippen molar-refractivity contribution in [2.45, 2.75) is 25.7 Å². The predicted octanol–water partition coefficient (Wildman–Crippen LogP) is 3.73. The fraction of sp³-hybridized carbons (Fsp3) is 0.400. The third-order valence-electron chi connectivity index (χ3n) is 6.99. The highest BCUT2D eigenvalue weighted by atomic mass is 19.3. The average molecular weight is 472 g/mol. The van der Waals surface area contributed by atoms with Crippen LogP contribution in [0.5, 0.6) is 0 Å². The number of likely N-dealkylation sites (tertiary alicyclic amines) is 1. The van der Waals surface area contributed by atoms with Crippen LogP contribution in [0, 0.1) is 11.3 Å². The number of hydrogen-bond donors (Lipinski definition) is 2. The number of amides is 2. The molecule has 1 heterocycles. The van der Waals surface area contributed by atoms with Gasteiger partial charge < -0.3 is 20.1 Å². The zero-order valence-electron chi connectivity index (χ0n) is 18.9. The second kappa shape index (κ2) is 8.70. The molecule has 1 aliphatic heterocycles. The number of carboxylic acids is 1. The number of halogens is 2. The van der Waals surface area contributed by atoms with Gasteiger partial charge in [0.15, 0.2) is 0 Å². The van der Waals surface area contributed by atoms with Crippen LogP contribution in [0.4, 0.5) is 13.6 Å². The smallest absolute Gasteiger partial charge is 0.407 e. The molecule has 2 aliphatic rings. The highest BCUT2D eigenvalue weighted by Crippen LogP contribution is 2.44. The number of alkyl halides is 2. The lowest BCUT2D eigenvalue weighted by molar-refractivity contribution is -0.157. The number of rotatable bonds is 6. The fourth-order valence-electron chi connectivity index (χ4n) is 4.72. The minimum absolute atomic E-state index is 0.0417. The van der Waals surface area contributed by atoms with Crippen LogP contribution in [0.15, 0.2) is 48.5 Å². The monoisotopic (exact) mass is 472 g/mol. The quantitative estimate of drug-likeness (QED) is 0.668. The molecule has 0 spiro atoms. The van der Waals surface area contributed by atoms with Gasteiger partial charge in [-0.05, 0) is 35.1 Å². The van der Waals surface area contributed by atoms with E-state index >= 15 is 0 Å². The van der Waals surface area contributed by atoms with Gasteiger partial charge in [0, 0.05) is 19.0 Å². The number of nitrogens with one attached hydrogen (secondary N) is 1. The first-order chi connectivity index (χ1) is 16.0. The Hall–Kier alpha value is -3.49. The van der Waals surface area contributed by atoms with Crippen molar-refractivity contribution in [3.05, 3.63) is 59.7 Å². The van der Waals surface area contributed by atoms with E-state index < -0.39 is 41.8 Å². The Morgan fingerprint density at radius 1 is 1.12 bits per heavy atom. The maximum absolute atomic E-state index is 14.5. The number of fused-ring (bicyclic) bond motifs is 3. The standard InChI is InChI=1S/C25H26F2N2O5/c1-15-11-29(14-24(15,2)22(31)32)21(30)25(26,27)13-28-23(33)34-12-20-18-9-5-3-7-16(18)17-8-4-6-10-19(17)20/h3-10,15,20H,11-14H2,1-2H3,(H,28,33)(H,31,32)/t15-,24-/m1/s1. The summed E-state index contributed by atoms with van der Waals surface area (Å²) in [7, 11) is 0. The van der Waals surface area contributed by atoms with E-state index in [1.807, 2.05) is 53.8 Å². The third-order valence-corrected chi connectivity index (χ3v) is 6.99. The summed E-state index contributed by atoms with van der Waals surface area (Å²) in [5.74, 6) is -7.26. The number of carbonyl (C=O) groups is 3. The summed E-state index contributed by atoms with van der Waals surface area (Å²) in [6.45, 7) is 1.34. The minimum atomic E-state index is -3.89. The Kier molecular flexibility index (Phi) is 6.05. The molecule has 2 aromatic carbocycles. The maximum atomic E-state index is 14.5. The van der Waals surface area contributed by atoms with E-state index in [1.54, 1.807) is 6.92 Å². The van der Waals surface area contributed by atoms with Crippen molar-refractivity contribution in [1.82, 2.24) is 10.2 Å². The molecule has 1 fully saturated rings. The summed E-state index contributed by atoms with van der Waals surface area (Å²) in [6.07, 6.45) is -1.06. The molecule has 2 amide bonds. The summed E-state index contributed by atoms with van der Waals surface area (Å²) in [4.78, 5) is 36.9. The van der Waals surface area contributed by atoms with Crippen molar-refractivity contribution in [1.29, 1.82) is 0 Å². The first-order valence-corrected chi connectivity index (χ1v) is 11.0. The van der Waals surface area contributed by atoms with Gasteiger partial charge in [-0.3, -0.25) is 9.59 Å². The van der Waals surface area contributed by atoms with E-state index in [-0.39, 0.29) is 25.6 Å². The van der Waals surface area contributed by atoms with Crippen molar-refractivity contribution in [2.75, 3.05) is 26.2 Å². The highest BCUT2D eigenvalue weighted by Gasteiger charge is 2.52. The SMILES string of the molecule is C[C@@H]1CN(C(=O)C(F)(F)CNC(=O)OCC2c3ccccc3-c3ccccc32)C[C@@]1(C)C(=O)O. The summed E-state index contributed by atoms with van der Waals surface area (Å²) in [5.41, 5.74) is 2.75. The zero-order chi connectivity index (χ0) is 24.7. The van der Waals surface area contributed by atoms with Gasteiger partial charge in [0.1, 0.15) is 6.61 Å². The van der Waals surface area contributed by atoms with E-state index in [9.17, 15) is 28.3 Å². The highest BCUT2D eigenvalue weighted by molar-refractivity contribution is 5.86. The topological polar surface area (TPSA) is 95.9 Å². The van der Waals surface area contributed by atoms with Gasteiger partial charge in [-0.2, -0.15) is 8.78 Å². The molecule has 180 valence electrons. The zero-order valence-corrected chi connectivity index (χ0v) is 18.9. The lowest BCUT2D eigenvalue weighted by Gasteiger charge is -2.25. The summed E-state index contributed by atoms with van der Waals surface area (Å²) >= 11 is 0. The Morgan fingerprint density at radius 2 is 1.68 bits per heavy atom. The van der Waals surface area contributed by atoms with E-state index in [4.69, 9.17) is 4.74 Å². The molecule has 0 bridgehead atoms. The van der Waals surface area contributed by atoms with Crippen LogP contribution in [0.1, 0.15) is 30.9 Å². The Morgan fingerprint density at radius 3 is 2.21 bits per heavy atom. The number of nitrogens with zero attached hydrogens (tertiary/aromatic N) is 1. The van der Waals surface area contributed by atoms with Crippen molar-refractivity contribution >= 4 is 18.0 Å². The molecule has 2 N–H and O–H groups in total. The minimum Gasteiger partial charge on any atom is -0.481 e. The normalized spacial score (nSPS) is 21.6. The molecule has 2 atom stereocenters. The Labute approximate surface area is 195 Å². The number of carboxylic acid groups (broad SMARTS) is 1. The Bertz CT molecular complexity index is 1090. The van der Waals surface area contributed by atoms with Gasteiger partial charge in [-0.25, -0.2) is 4.79 Å². The molecule has 0 saturated carbocycles. The molecule has 4 rings (SSSR count). The van der Waals surface area contributed by atoms with Crippen molar-refractivity contribution in [2.24, 2.45) is 11.3 Å². The van der Waals surface area contributed by atoms with Crippen LogP contribution in [0.3, 0.4) is 0 Å². The molecule has 1 aliphatic carbocycles. The van der Waals surface area contributed by atoms with Crippen molar-refractivity contribution < 1.29 is 33.0 Å². The number of ether oxygens (including phenoxy) is 1. The summed E-state index contributed by atoms with van der Waals surface area (Å²) in [5, 5.41) is 11.4. The first kappa shape index (κ1) is 23.7. The van der Waals surface area contributed by atoms with Gasteiger partial charge >= 0.3 is 18.0 Å². The van der Waals surface area contributed by atoms with Crippen LogP contribution in [-0.4, -0.2) is 60.1 Å². The van der Waals surface area contributed by atoms with Crippen molar-refractivity contribution in [3.63, 3.8) is 0 Å². The molecule has 34 heavy (non-hydrogen) atoms. The number of aliphatic carboxylic acids is 1. The van der Waals surface area contributed by atoms with Crippen LogP contribution >= 0.6 is 0 Å². The number of alkyl carbamates (subject to hydrolysis) is 1. The van der Waals surface area contributed by atoms with Gasteiger partial charge in [0.2, 0.25) is 0 Å². The lowest BCUT2D eigenvalue weighted by atomic mass is 9.81. The molecule has 9 heteroatoms. The van der Waals surface area contributed by atoms with E-state index in [0.29, 0.717) is 0 Å². The first-order valence-electron chi connectivity index (χ1n) is 11.0. The van der Waals surface area contributed by atoms with Gasteiger partial charge in [-0.1, -0.05) is 55.5 Å². The maximum Gasteiger partial charge on any atom is 0.407 e. The number of carbonyl (C=O) groups excluding carboxylic acids is 2. The number of benzene rings is 2. The summed E-state index contributed by atoms with van der Waals surface area (Å²) < 4.78 is 34.3. The molecule has 7 nitrogen and oxygen atoms in total. The molecular formula is C25H26F2N2O5. The summed E-state index contributed by atoms with van der Waals surface area (Å²) in [6, 6.07) is 15.5. The van der Waals surface area contributed by atoms with Crippen LogP contribution in [-0.2, 0) is 14.3 Å². The van der Waals surface area contributed by atoms with Crippen LogP contribution in [0.2, 0.25) is 0 Å². The molecule has 2 aromatic rings. The van der Waals surface area contributed by atoms with E-state index in [1.165, 1.54) is 6.92 Å². The largest absolute Gasteiger partial charge is 0.481 e. The second-order valence-electron chi connectivity index (χ2n) is 9.19. The van der Waals surface area contributed by atoms with Crippen molar-refractivity contribution in [3.8, 4) is 11.1 Å². The molecule has 1 saturated heterocycles. The number of hydrogen-bond acceptors (Lipinski definition) is 4. The lowest BCUT2D eigenvalue weighted by Crippen LogP contribution is -2.50. The van der Waals surface area contributed by atoms with E-state index in [2.05, 4.69) is 0 Å².